The molecule has 2 aromatic rings. The molecule has 0 spiro atoms. The number of nitrogens with one attached hydrogen (secondary N) is 1. The van der Waals surface area contributed by atoms with E-state index in [1.54, 1.807) is 6.92 Å². The third kappa shape index (κ3) is 3.08. The second kappa shape index (κ2) is 6.71. The summed E-state index contributed by atoms with van der Waals surface area (Å²) in [5, 5.41) is 0. The van der Waals surface area contributed by atoms with Crippen LogP contribution < -0.4 is 0 Å². The molecule has 122 valence electrons. The molecule has 1 aliphatic heterocycles. The quantitative estimate of drug-likeness (QED) is 0.864. The molecule has 0 radical (unpaired) electrons. The molecule has 3 rings (SSSR count). The molecule has 0 bridgehead atoms. The zero-order chi connectivity index (χ0) is 17.1. The van der Waals surface area contributed by atoms with Gasteiger partial charge in [0.25, 0.3) is 0 Å². The maximum Gasteiger partial charge on any atom is 0.340 e. The molecule has 24 heavy (non-hydrogen) atoms. The summed E-state index contributed by atoms with van der Waals surface area (Å²) in [5.41, 5.74) is 6.04. The molecule has 0 amide bonds. The Balaban J connectivity index is 2.16. The van der Waals surface area contributed by atoms with Crippen molar-refractivity contribution in [1.29, 1.82) is 0 Å². The minimum absolute atomic E-state index is 0.330. The summed E-state index contributed by atoms with van der Waals surface area (Å²) in [6, 6.07) is 14.1. The lowest BCUT2D eigenvalue weighted by Crippen LogP contribution is -2.11. The predicted molar refractivity (Wildman–Crippen MR) is 95.8 cm³/mol. The Labute approximate surface area is 141 Å². The number of carbonyl (C=O) groups is 1. The maximum absolute atomic E-state index is 12.1. The van der Waals surface area contributed by atoms with Crippen molar-refractivity contribution < 1.29 is 9.53 Å². The molecule has 4 heteroatoms. The van der Waals surface area contributed by atoms with E-state index in [1.165, 1.54) is 0 Å². The number of rotatable bonds is 4. The molecule has 2 heterocycles. The predicted octanol–water partition coefficient (Wildman–Crippen LogP) is 4.05. The van der Waals surface area contributed by atoms with Gasteiger partial charge in [-0.25, -0.2) is 4.79 Å². The van der Waals surface area contributed by atoms with Crippen LogP contribution in [0, 0.1) is 6.92 Å². The molecule has 0 unspecified atom stereocenters. The molecule has 1 aromatic carbocycles. The van der Waals surface area contributed by atoms with Crippen LogP contribution in [0.3, 0.4) is 0 Å². The van der Waals surface area contributed by atoms with Crippen molar-refractivity contribution >= 4 is 17.3 Å². The van der Waals surface area contributed by atoms with E-state index in [0.717, 1.165) is 28.2 Å². The number of hydrogen-bond donors (Lipinski definition) is 1. The van der Waals surface area contributed by atoms with Crippen LogP contribution in [-0.4, -0.2) is 23.3 Å². The first-order valence-electron chi connectivity index (χ1n) is 8.00. The summed E-state index contributed by atoms with van der Waals surface area (Å²) < 4.78 is 5.12. The monoisotopic (exact) mass is 320 g/mol. The van der Waals surface area contributed by atoms with E-state index in [2.05, 4.69) is 9.98 Å². The van der Waals surface area contributed by atoms with E-state index in [9.17, 15) is 4.79 Å². The largest absolute Gasteiger partial charge is 0.462 e. The van der Waals surface area contributed by atoms with Gasteiger partial charge in [-0.15, -0.1) is 0 Å². The van der Waals surface area contributed by atoms with Crippen LogP contribution in [0.4, 0.5) is 0 Å². The molecule has 0 aliphatic carbocycles. The third-order valence-corrected chi connectivity index (χ3v) is 3.87. The van der Waals surface area contributed by atoms with Gasteiger partial charge in [0.1, 0.15) is 0 Å². The van der Waals surface area contributed by atoms with Gasteiger partial charge < -0.3 is 9.72 Å². The molecule has 1 N–H and O–H groups in total. The fourth-order valence-corrected chi connectivity index (χ4v) is 2.75. The highest BCUT2D eigenvalue weighted by Crippen LogP contribution is 2.31. The highest BCUT2D eigenvalue weighted by molar-refractivity contribution is 6.21. The standard InChI is InChI=1S/C20H20N2O2/c1-4-24-20(23)16-12-18(22-14(16)3)19(15-8-6-5-7-9-15)17-11-10-13(2)21-17/h5-12,21H,4H2,1-3H3/b19-18-. The molecule has 0 saturated heterocycles. The maximum atomic E-state index is 12.1. The number of esters is 1. The van der Waals surface area contributed by atoms with Crippen molar-refractivity contribution in [2.45, 2.75) is 20.8 Å². The molecule has 4 nitrogen and oxygen atoms in total. The van der Waals surface area contributed by atoms with Crippen molar-refractivity contribution in [3.63, 3.8) is 0 Å². The Kier molecular flexibility index (Phi) is 4.47. The zero-order valence-corrected chi connectivity index (χ0v) is 14.1. The van der Waals surface area contributed by atoms with Gasteiger partial charge in [-0.2, -0.15) is 0 Å². The van der Waals surface area contributed by atoms with E-state index < -0.39 is 0 Å². The smallest absolute Gasteiger partial charge is 0.340 e. The normalized spacial score (nSPS) is 15.8. The highest BCUT2D eigenvalue weighted by atomic mass is 16.5. The first kappa shape index (κ1) is 16.0. The van der Waals surface area contributed by atoms with Crippen LogP contribution in [0.5, 0.6) is 0 Å². The number of hydrogen-bond acceptors (Lipinski definition) is 3. The van der Waals surface area contributed by atoms with Crippen LogP contribution in [0.2, 0.25) is 0 Å². The average Bonchev–Trinajstić information content (AvgIpc) is 3.15. The summed E-state index contributed by atoms with van der Waals surface area (Å²) in [4.78, 5) is 20.1. The first-order valence-corrected chi connectivity index (χ1v) is 8.00. The lowest BCUT2D eigenvalue weighted by Gasteiger charge is -2.08. The zero-order valence-electron chi connectivity index (χ0n) is 14.1. The van der Waals surface area contributed by atoms with Gasteiger partial charge >= 0.3 is 5.97 Å². The molecule has 1 aliphatic rings. The van der Waals surface area contributed by atoms with Crippen molar-refractivity contribution in [2.75, 3.05) is 6.61 Å². The van der Waals surface area contributed by atoms with Crippen molar-refractivity contribution in [3.8, 4) is 0 Å². The lowest BCUT2D eigenvalue weighted by atomic mass is 10.0. The number of allylic oxidation sites excluding steroid dienone is 1. The number of nitrogens with zero attached hydrogens (tertiary/aromatic N) is 1. The van der Waals surface area contributed by atoms with Crippen molar-refractivity contribution in [2.24, 2.45) is 4.99 Å². The van der Waals surface area contributed by atoms with Gasteiger partial charge in [-0.3, -0.25) is 4.99 Å². The van der Waals surface area contributed by atoms with Gasteiger partial charge in [0.2, 0.25) is 0 Å². The summed E-state index contributed by atoms with van der Waals surface area (Å²) in [7, 11) is 0. The van der Waals surface area contributed by atoms with Gasteiger partial charge in [0, 0.05) is 17.0 Å². The van der Waals surface area contributed by atoms with Crippen molar-refractivity contribution in [3.05, 3.63) is 76.8 Å². The Hall–Kier alpha value is -2.88. The lowest BCUT2D eigenvalue weighted by molar-refractivity contribution is -0.137. The van der Waals surface area contributed by atoms with E-state index in [-0.39, 0.29) is 5.97 Å². The number of ether oxygens (including phenoxy) is 1. The van der Waals surface area contributed by atoms with Crippen LogP contribution in [0.15, 0.2) is 64.8 Å². The molecular formula is C20H20N2O2. The number of aromatic nitrogens is 1. The third-order valence-electron chi connectivity index (χ3n) is 3.87. The molecule has 0 fully saturated rings. The molecule has 0 saturated carbocycles. The summed E-state index contributed by atoms with van der Waals surface area (Å²) >= 11 is 0. The van der Waals surface area contributed by atoms with Gasteiger partial charge in [0.15, 0.2) is 0 Å². The minimum Gasteiger partial charge on any atom is -0.462 e. The summed E-state index contributed by atoms with van der Waals surface area (Å²) in [6.07, 6.45) is 1.81. The highest BCUT2D eigenvalue weighted by Gasteiger charge is 2.23. The molecule has 0 atom stereocenters. The summed E-state index contributed by atoms with van der Waals surface area (Å²) in [6.45, 7) is 6.00. The Morgan fingerprint density at radius 2 is 1.88 bits per heavy atom. The first-order chi connectivity index (χ1) is 11.6. The van der Waals surface area contributed by atoms with E-state index in [0.29, 0.717) is 17.9 Å². The number of carbonyl (C=O) groups excluding carboxylic acids is 1. The molecule has 1 aromatic heterocycles. The van der Waals surface area contributed by atoms with E-state index >= 15 is 0 Å². The Bertz CT molecular complexity index is 855. The number of benzene rings is 1. The van der Waals surface area contributed by atoms with E-state index in [1.807, 2.05) is 62.4 Å². The van der Waals surface area contributed by atoms with Gasteiger partial charge in [0.05, 0.1) is 23.6 Å². The molecular weight excluding hydrogens is 300 g/mol. The van der Waals surface area contributed by atoms with Gasteiger partial charge in [-0.1, -0.05) is 30.3 Å². The summed E-state index contributed by atoms with van der Waals surface area (Å²) in [5.74, 6) is -0.330. The number of aryl methyl sites for hydroxylation is 1. The van der Waals surface area contributed by atoms with Crippen LogP contribution in [0.1, 0.15) is 30.8 Å². The van der Waals surface area contributed by atoms with Gasteiger partial charge in [-0.05, 0) is 44.5 Å². The topological polar surface area (TPSA) is 54.5 Å². The minimum atomic E-state index is -0.330. The number of aromatic amines is 1. The van der Waals surface area contributed by atoms with Crippen LogP contribution in [0.25, 0.3) is 5.57 Å². The second-order valence-electron chi connectivity index (χ2n) is 5.66. The van der Waals surface area contributed by atoms with Crippen molar-refractivity contribution in [1.82, 2.24) is 4.98 Å². The fourth-order valence-electron chi connectivity index (χ4n) is 2.75. The van der Waals surface area contributed by atoms with Crippen LogP contribution >= 0.6 is 0 Å². The number of H-pyrrole nitrogens is 1. The van der Waals surface area contributed by atoms with Crippen LogP contribution in [-0.2, 0) is 9.53 Å². The fraction of sp³-hybridized carbons (Fsp3) is 0.200. The average molecular weight is 320 g/mol. The van der Waals surface area contributed by atoms with E-state index in [4.69, 9.17) is 4.74 Å². The second-order valence-corrected chi connectivity index (χ2v) is 5.66. The number of aliphatic imine (C=N–C) groups is 1. The SMILES string of the molecule is CCOC(=O)C1=C/C(=C(\c2ccccc2)c2ccc(C)[nH]2)N=C1C. The Morgan fingerprint density at radius 1 is 1.12 bits per heavy atom. The Morgan fingerprint density at radius 3 is 2.50 bits per heavy atom.